The van der Waals surface area contributed by atoms with Gasteiger partial charge in [0.05, 0.1) is 0 Å². The molecule has 0 saturated heterocycles. The summed E-state index contributed by atoms with van der Waals surface area (Å²) in [5.74, 6) is 0. The fourth-order valence-electron chi connectivity index (χ4n) is 0.640. The van der Waals surface area contributed by atoms with Crippen LogP contribution in [0.15, 0.2) is 11.8 Å². The Hall–Kier alpha value is -0.990. The van der Waals surface area contributed by atoms with E-state index < -0.39 is 0 Å². The molecule has 2 amide bonds. The predicted molar refractivity (Wildman–Crippen MR) is 50.9 cm³/mol. The van der Waals surface area contributed by atoms with Gasteiger partial charge in [0.25, 0.3) is 0 Å². The normalized spacial score (nSPS) is 8.92. The van der Waals surface area contributed by atoms with Gasteiger partial charge in [-0.05, 0) is 20.3 Å². The second kappa shape index (κ2) is 6.70. The van der Waals surface area contributed by atoms with Gasteiger partial charge in [0, 0.05) is 12.7 Å². The highest BCUT2D eigenvalue weighted by molar-refractivity contribution is 5.74. The van der Waals surface area contributed by atoms with Crippen LogP contribution in [-0.4, -0.2) is 12.6 Å². The lowest BCUT2D eigenvalue weighted by Gasteiger charge is -2.02. The van der Waals surface area contributed by atoms with Crippen molar-refractivity contribution in [2.45, 2.75) is 33.6 Å². The van der Waals surface area contributed by atoms with Crippen LogP contribution in [0.5, 0.6) is 0 Å². The topological polar surface area (TPSA) is 41.1 Å². The van der Waals surface area contributed by atoms with E-state index in [-0.39, 0.29) is 6.03 Å². The molecule has 0 rings (SSSR count). The van der Waals surface area contributed by atoms with Gasteiger partial charge >= 0.3 is 6.03 Å². The van der Waals surface area contributed by atoms with Crippen molar-refractivity contribution in [3.05, 3.63) is 11.8 Å². The van der Waals surface area contributed by atoms with Crippen LogP contribution in [0.1, 0.15) is 33.6 Å². The molecule has 0 unspecified atom stereocenters. The van der Waals surface area contributed by atoms with Gasteiger partial charge in [0.1, 0.15) is 0 Å². The molecule has 0 aromatic heterocycles. The van der Waals surface area contributed by atoms with E-state index in [1.165, 1.54) is 0 Å². The van der Waals surface area contributed by atoms with Crippen molar-refractivity contribution in [1.29, 1.82) is 0 Å². The van der Waals surface area contributed by atoms with Crippen molar-refractivity contribution in [1.82, 2.24) is 10.6 Å². The van der Waals surface area contributed by atoms with Crippen LogP contribution < -0.4 is 10.6 Å². The highest BCUT2D eigenvalue weighted by Crippen LogP contribution is 1.84. The van der Waals surface area contributed by atoms with E-state index in [4.69, 9.17) is 0 Å². The van der Waals surface area contributed by atoms with Gasteiger partial charge in [0.15, 0.2) is 0 Å². The molecular weight excluding hydrogens is 152 g/mol. The number of hydrogen-bond acceptors (Lipinski definition) is 1. The minimum atomic E-state index is -0.121. The molecule has 0 aromatic carbocycles. The number of rotatable bonds is 4. The van der Waals surface area contributed by atoms with Crippen molar-refractivity contribution >= 4 is 6.03 Å². The molecule has 0 aromatic rings. The summed E-state index contributed by atoms with van der Waals surface area (Å²) in [5.41, 5.74) is 1.08. The maximum Gasteiger partial charge on any atom is 0.318 e. The first-order chi connectivity index (χ1) is 5.66. The number of hydrogen-bond donors (Lipinski definition) is 2. The van der Waals surface area contributed by atoms with Gasteiger partial charge in [0.2, 0.25) is 0 Å². The Morgan fingerprint density at radius 2 is 2.08 bits per heavy atom. The number of carbonyl (C=O) groups excluding carboxylic acids is 1. The lowest BCUT2D eigenvalue weighted by atomic mass is 10.3. The van der Waals surface area contributed by atoms with Crippen molar-refractivity contribution in [2.24, 2.45) is 0 Å². The molecule has 0 atom stereocenters. The fourth-order valence-corrected chi connectivity index (χ4v) is 0.640. The molecule has 0 aliphatic rings. The molecule has 0 bridgehead atoms. The van der Waals surface area contributed by atoms with E-state index in [0.717, 1.165) is 25.0 Å². The van der Waals surface area contributed by atoms with E-state index in [9.17, 15) is 4.79 Å². The summed E-state index contributed by atoms with van der Waals surface area (Å²) >= 11 is 0. The van der Waals surface area contributed by atoms with Crippen LogP contribution in [0.4, 0.5) is 4.79 Å². The van der Waals surface area contributed by atoms with Gasteiger partial charge in [-0.25, -0.2) is 4.79 Å². The Bertz CT molecular complexity index is 160. The van der Waals surface area contributed by atoms with Crippen LogP contribution in [0.25, 0.3) is 0 Å². The van der Waals surface area contributed by atoms with Crippen molar-refractivity contribution in [2.75, 3.05) is 6.54 Å². The quantitative estimate of drug-likeness (QED) is 0.622. The lowest BCUT2D eigenvalue weighted by Crippen LogP contribution is -2.32. The van der Waals surface area contributed by atoms with Crippen LogP contribution in [0, 0.1) is 0 Å². The van der Waals surface area contributed by atoms with E-state index in [1.807, 2.05) is 13.8 Å². The molecule has 0 spiro atoms. The maximum absolute atomic E-state index is 11.0. The Morgan fingerprint density at radius 1 is 1.42 bits per heavy atom. The summed E-state index contributed by atoms with van der Waals surface area (Å²) in [6.45, 7) is 6.72. The third-order valence-corrected chi connectivity index (χ3v) is 1.31. The summed E-state index contributed by atoms with van der Waals surface area (Å²) in [7, 11) is 0. The summed E-state index contributed by atoms with van der Waals surface area (Å²) in [6, 6.07) is -0.121. The second-order valence-electron chi connectivity index (χ2n) is 2.98. The number of amides is 2. The first-order valence-electron chi connectivity index (χ1n) is 4.34. The summed E-state index contributed by atoms with van der Waals surface area (Å²) in [6.07, 6.45) is 3.83. The van der Waals surface area contributed by atoms with Crippen LogP contribution in [-0.2, 0) is 0 Å². The Morgan fingerprint density at radius 3 is 2.58 bits per heavy atom. The number of allylic oxidation sites excluding steroid dienone is 1. The van der Waals surface area contributed by atoms with Gasteiger partial charge in [-0.3, -0.25) is 0 Å². The average molecular weight is 170 g/mol. The summed E-state index contributed by atoms with van der Waals surface area (Å²) in [4.78, 5) is 11.0. The minimum Gasteiger partial charge on any atom is -0.338 e. The molecule has 2 N–H and O–H groups in total. The fraction of sp³-hybridized carbons (Fsp3) is 0.667. The second-order valence-corrected chi connectivity index (χ2v) is 2.98. The monoisotopic (exact) mass is 170 g/mol. The van der Waals surface area contributed by atoms with Gasteiger partial charge in [-0.15, -0.1) is 0 Å². The third kappa shape index (κ3) is 7.12. The van der Waals surface area contributed by atoms with E-state index in [0.29, 0.717) is 0 Å². The van der Waals surface area contributed by atoms with Gasteiger partial charge in [-0.1, -0.05) is 18.9 Å². The highest BCUT2D eigenvalue weighted by Gasteiger charge is 1.93. The Labute approximate surface area is 74.2 Å². The lowest BCUT2D eigenvalue weighted by molar-refractivity contribution is 0.244. The van der Waals surface area contributed by atoms with E-state index >= 15 is 0 Å². The van der Waals surface area contributed by atoms with Crippen molar-refractivity contribution in [3.8, 4) is 0 Å². The smallest absolute Gasteiger partial charge is 0.318 e. The Kier molecular flexibility index (Phi) is 6.15. The molecule has 3 heteroatoms. The minimum absolute atomic E-state index is 0.121. The zero-order chi connectivity index (χ0) is 9.40. The largest absolute Gasteiger partial charge is 0.338 e. The SMILES string of the molecule is CCCCNC(=O)NC=C(C)C. The highest BCUT2D eigenvalue weighted by atomic mass is 16.2. The average Bonchev–Trinajstić information content (AvgIpc) is 2.01. The standard InChI is InChI=1S/C9H18N2O/c1-4-5-6-10-9(12)11-7-8(2)3/h7H,4-6H2,1-3H3,(H2,10,11,12). The van der Waals surface area contributed by atoms with E-state index in [2.05, 4.69) is 17.6 Å². The molecule has 70 valence electrons. The van der Waals surface area contributed by atoms with Crippen LogP contribution in [0.3, 0.4) is 0 Å². The first kappa shape index (κ1) is 11.0. The Balaban J connectivity index is 3.41. The first-order valence-corrected chi connectivity index (χ1v) is 4.34. The molecule has 0 heterocycles. The number of unbranched alkanes of at least 4 members (excludes halogenated alkanes) is 1. The molecular formula is C9H18N2O. The molecule has 0 aliphatic heterocycles. The molecule has 3 nitrogen and oxygen atoms in total. The number of nitrogens with one attached hydrogen (secondary N) is 2. The predicted octanol–water partition coefficient (Wildman–Crippen LogP) is 2.01. The van der Waals surface area contributed by atoms with Gasteiger partial charge < -0.3 is 10.6 Å². The third-order valence-electron chi connectivity index (χ3n) is 1.31. The van der Waals surface area contributed by atoms with E-state index in [1.54, 1.807) is 6.20 Å². The zero-order valence-electron chi connectivity index (χ0n) is 8.11. The number of urea groups is 1. The van der Waals surface area contributed by atoms with Crippen LogP contribution >= 0.6 is 0 Å². The molecule has 12 heavy (non-hydrogen) atoms. The maximum atomic E-state index is 11.0. The zero-order valence-corrected chi connectivity index (χ0v) is 8.11. The van der Waals surface area contributed by atoms with Gasteiger partial charge in [-0.2, -0.15) is 0 Å². The summed E-state index contributed by atoms with van der Waals surface area (Å²) < 4.78 is 0. The van der Waals surface area contributed by atoms with Crippen LogP contribution in [0.2, 0.25) is 0 Å². The van der Waals surface area contributed by atoms with Crippen molar-refractivity contribution in [3.63, 3.8) is 0 Å². The van der Waals surface area contributed by atoms with Crippen molar-refractivity contribution < 1.29 is 4.79 Å². The molecule has 0 saturated carbocycles. The molecule has 0 radical (unpaired) electrons. The number of carbonyl (C=O) groups is 1. The molecule has 0 fully saturated rings. The molecule has 0 aliphatic carbocycles. The summed E-state index contributed by atoms with van der Waals surface area (Å²) in [5, 5.41) is 5.37.